The number of nitrogens with zero attached hydrogens (tertiary/aromatic N) is 2. The van der Waals surface area contributed by atoms with Gasteiger partial charge in [-0.2, -0.15) is 13.2 Å². The Balaban J connectivity index is 0.00000200. The molecule has 1 fully saturated rings. The third kappa shape index (κ3) is 6.38. The average molecular weight is 346 g/mol. The summed E-state index contributed by atoms with van der Waals surface area (Å²) in [6, 6.07) is 4.57. The van der Waals surface area contributed by atoms with Crippen LogP contribution in [-0.4, -0.2) is 42.2 Å². The molecule has 1 saturated heterocycles. The number of hydrogen-bond donors (Lipinski definition) is 1. The third-order valence-corrected chi connectivity index (χ3v) is 3.27. The van der Waals surface area contributed by atoms with E-state index < -0.39 is 18.6 Å². The van der Waals surface area contributed by atoms with Crippen molar-refractivity contribution in [2.45, 2.75) is 25.6 Å². The first-order chi connectivity index (χ1) is 8.96. The molecule has 0 spiro atoms. The molecule has 0 aromatic carbocycles. The minimum Gasteiger partial charge on any atom is -0.314 e. The lowest BCUT2D eigenvalue weighted by Gasteiger charge is -2.35. The summed E-state index contributed by atoms with van der Waals surface area (Å²) in [4.78, 5) is 6.14. The Morgan fingerprint density at radius 2 is 1.86 bits per heavy atom. The Kier molecular flexibility index (Phi) is 8.54. The lowest BCUT2D eigenvalue weighted by Crippen LogP contribution is -2.46. The highest BCUT2D eigenvalue weighted by Gasteiger charge is 2.36. The highest BCUT2D eigenvalue weighted by Crippen LogP contribution is 2.33. The first kappa shape index (κ1) is 20.4. The zero-order valence-electron chi connectivity index (χ0n) is 11.7. The fourth-order valence-electron chi connectivity index (χ4n) is 2.38. The molecule has 0 aliphatic carbocycles. The van der Waals surface area contributed by atoms with Crippen molar-refractivity contribution in [2.24, 2.45) is 0 Å². The van der Waals surface area contributed by atoms with E-state index in [-0.39, 0.29) is 24.8 Å². The highest BCUT2D eigenvalue weighted by atomic mass is 35.5. The van der Waals surface area contributed by atoms with Crippen LogP contribution in [0.2, 0.25) is 0 Å². The van der Waals surface area contributed by atoms with E-state index in [9.17, 15) is 13.2 Å². The quantitative estimate of drug-likeness (QED) is 0.912. The Bertz CT molecular complexity index is 423. The predicted molar refractivity (Wildman–Crippen MR) is 81.3 cm³/mol. The number of pyridine rings is 1. The number of nitrogens with one attached hydrogen (secondary N) is 1. The highest BCUT2D eigenvalue weighted by molar-refractivity contribution is 5.85. The van der Waals surface area contributed by atoms with Crippen molar-refractivity contribution in [3.05, 3.63) is 29.6 Å². The number of alkyl halides is 3. The van der Waals surface area contributed by atoms with Crippen LogP contribution in [0.5, 0.6) is 0 Å². The van der Waals surface area contributed by atoms with E-state index >= 15 is 0 Å². The van der Waals surface area contributed by atoms with Crippen LogP contribution >= 0.6 is 24.8 Å². The molecule has 1 aromatic heterocycles. The minimum absolute atomic E-state index is 0. The summed E-state index contributed by atoms with van der Waals surface area (Å²) in [5.74, 6) is 0. The second-order valence-corrected chi connectivity index (χ2v) is 4.82. The van der Waals surface area contributed by atoms with Crippen LogP contribution in [-0.2, 0) is 0 Å². The van der Waals surface area contributed by atoms with Crippen molar-refractivity contribution in [1.82, 2.24) is 15.2 Å². The molecule has 8 heteroatoms. The van der Waals surface area contributed by atoms with E-state index in [1.165, 1.54) is 0 Å². The number of aryl methyl sites for hydroxylation is 1. The predicted octanol–water partition coefficient (Wildman–Crippen LogP) is 3.13. The third-order valence-electron chi connectivity index (χ3n) is 3.27. The second-order valence-electron chi connectivity index (χ2n) is 4.82. The maximum Gasteiger partial charge on any atom is 0.391 e. The molecule has 1 aliphatic rings. The van der Waals surface area contributed by atoms with E-state index in [0.29, 0.717) is 18.8 Å². The molecule has 0 radical (unpaired) electrons. The lowest BCUT2D eigenvalue weighted by atomic mass is 10.1. The van der Waals surface area contributed by atoms with Crippen LogP contribution in [0.4, 0.5) is 13.2 Å². The number of hydrogen-bond acceptors (Lipinski definition) is 3. The van der Waals surface area contributed by atoms with Gasteiger partial charge in [-0.3, -0.25) is 9.88 Å². The molecule has 1 aromatic rings. The number of piperazine rings is 1. The summed E-state index contributed by atoms with van der Waals surface area (Å²) in [6.07, 6.45) is -5.02. The maximum absolute atomic E-state index is 12.8. The molecule has 21 heavy (non-hydrogen) atoms. The van der Waals surface area contributed by atoms with Crippen molar-refractivity contribution < 1.29 is 13.2 Å². The van der Waals surface area contributed by atoms with Gasteiger partial charge in [-0.05, 0) is 19.1 Å². The molecule has 2 heterocycles. The van der Waals surface area contributed by atoms with Crippen molar-refractivity contribution >= 4 is 24.8 Å². The van der Waals surface area contributed by atoms with Crippen LogP contribution < -0.4 is 5.32 Å². The van der Waals surface area contributed by atoms with E-state index in [1.54, 1.807) is 25.1 Å². The van der Waals surface area contributed by atoms with Crippen LogP contribution in [0.1, 0.15) is 23.9 Å². The largest absolute Gasteiger partial charge is 0.391 e. The van der Waals surface area contributed by atoms with Gasteiger partial charge < -0.3 is 5.32 Å². The zero-order chi connectivity index (χ0) is 13.9. The molecule has 0 saturated carbocycles. The van der Waals surface area contributed by atoms with Gasteiger partial charge in [0.15, 0.2) is 0 Å². The average Bonchev–Trinajstić information content (AvgIpc) is 2.36. The van der Waals surface area contributed by atoms with Gasteiger partial charge in [0.25, 0.3) is 0 Å². The van der Waals surface area contributed by atoms with Crippen molar-refractivity contribution in [3.8, 4) is 0 Å². The Morgan fingerprint density at radius 3 is 2.38 bits per heavy atom. The zero-order valence-corrected chi connectivity index (χ0v) is 13.3. The molecule has 122 valence electrons. The van der Waals surface area contributed by atoms with E-state index in [0.717, 1.165) is 18.8 Å². The molecule has 0 bridgehead atoms. The number of aromatic nitrogens is 1. The van der Waals surface area contributed by atoms with Crippen molar-refractivity contribution in [2.75, 3.05) is 26.2 Å². The normalized spacial score (nSPS) is 17.5. The minimum atomic E-state index is -4.18. The maximum atomic E-state index is 12.8. The molecule has 1 aliphatic heterocycles. The SMILES string of the molecule is Cc1cccc([C@@H](CC(F)(F)F)N2CCNCC2)n1.Cl.Cl. The summed E-state index contributed by atoms with van der Waals surface area (Å²) in [7, 11) is 0. The van der Waals surface area contributed by atoms with Gasteiger partial charge in [0.1, 0.15) is 0 Å². The molecule has 0 amide bonds. The van der Waals surface area contributed by atoms with Crippen LogP contribution in [0.25, 0.3) is 0 Å². The van der Waals surface area contributed by atoms with Gasteiger partial charge in [-0.1, -0.05) is 6.07 Å². The Labute approximate surface area is 135 Å². The topological polar surface area (TPSA) is 28.2 Å². The summed E-state index contributed by atoms with van der Waals surface area (Å²) < 4.78 is 38.3. The van der Waals surface area contributed by atoms with Gasteiger partial charge in [0.2, 0.25) is 0 Å². The summed E-state index contributed by atoms with van der Waals surface area (Å²) >= 11 is 0. The molecule has 1 atom stereocenters. The monoisotopic (exact) mass is 345 g/mol. The smallest absolute Gasteiger partial charge is 0.314 e. The second kappa shape index (κ2) is 8.78. The fraction of sp³-hybridized carbons (Fsp3) is 0.615. The molecule has 1 N–H and O–H groups in total. The lowest BCUT2D eigenvalue weighted by molar-refractivity contribution is -0.149. The fourth-order valence-corrected chi connectivity index (χ4v) is 2.38. The summed E-state index contributed by atoms with van der Waals surface area (Å²) in [5, 5.41) is 3.15. The molecule has 2 rings (SSSR count). The Hall–Kier alpha value is -0.560. The van der Waals surface area contributed by atoms with Crippen LogP contribution in [0.3, 0.4) is 0 Å². The summed E-state index contributed by atoms with van der Waals surface area (Å²) in [6.45, 7) is 4.49. The van der Waals surface area contributed by atoms with E-state index in [4.69, 9.17) is 0 Å². The molecular formula is C13H20Cl2F3N3. The van der Waals surface area contributed by atoms with E-state index in [2.05, 4.69) is 10.3 Å². The standard InChI is InChI=1S/C13H18F3N3.2ClH/c1-10-3-2-4-11(18-10)12(9-13(14,15)16)19-7-5-17-6-8-19;;/h2-4,12,17H,5-9H2,1H3;2*1H/t12-;;/m1../s1. The van der Waals surface area contributed by atoms with Crippen molar-refractivity contribution in [3.63, 3.8) is 0 Å². The van der Waals surface area contributed by atoms with Crippen LogP contribution in [0, 0.1) is 6.92 Å². The molecule has 3 nitrogen and oxygen atoms in total. The van der Waals surface area contributed by atoms with Gasteiger partial charge in [0, 0.05) is 31.9 Å². The molecular weight excluding hydrogens is 326 g/mol. The first-order valence-corrected chi connectivity index (χ1v) is 6.41. The van der Waals surface area contributed by atoms with Gasteiger partial charge in [-0.25, -0.2) is 0 Å². The first-order valence-electron chi connectivity index (χ1n) is 6.41. The van der Waals surface area contributed by atoms with Gasteiger partial charge in [0.05, 0.1) is 18.2 Å². The molecule has 0 unspecified atom stereocenters. The van der Waals surface area contributed by atoms with Crippen molar-refractivity contribution in [1.29, 1.82) is 0 Å². The van der Waals surface area contributed by atoms with Crippen LogP contribution in [0.15, 0.2) is 18.2 Å². The number of halogens is 5. The van der Waals surface area contributed by atoms with Gasteiger partial charge in [-0.15, -0.1) is 24.8 Å². The van der Waals surface area contributed by atoms with Gasteiger partial charge >= 0.3 is 6.18 Å². The Morgan fingerprint density at radius 1 is 1.24 bits per heavy atom. The van der Waals surface area contributed by atoms with E-state index in [1.807, 2.05) is 4.90 Å². The number of rotatable bonds is 3. The summed E-state index contributed by atoms with van der Waals surface area (Å²) in [5.41, 5.74) is 1.26.